The average Bonchev–Trinajstić information content (AvgIpc) is 2.25. The van der Waals surface area contributed by atoms with Gasteiger partial charge in [-0.05, 0) is 19.1 Å². The molecule has 1 aromatic carbocycles. The number of amides is 1. The van der Waals surface area contributed by atoms with E-state index in [0.717, 1.165) is 11.4 Å². The summed E-state index contributed by atoms with van der Waals surface area (Å²) in [5.74, 6) is -0.0600. The number of nitrogens with one attached hydrogen (secondary N) is 1. The highest BCUT2D eigenvalue weighted by Gasteiger charge is 2.28. The van der Waals surface area contributed by atoms with Gasteiger partial charge in [-0.25, -0.2) is 0 Å². The van der Waals surface area contributed by atoms with Gasteiger partial charge >= 0.3 is 0 Å². The highest BCUT2D eigenvalue weighted by atomic mass is 16.2. The second-order valence-corrected chi connectivity index (χ2v) is 3.47. The minimum atomic E-state index is -0.270. The van der Waals surface area contributed by atoms with Crippen LogP contribution >= 0.6 is 0 Å². The molecule has 0 radical (unpaired) electrons. The molecule has 0 fully saturated rings. The Hall–Kier alpha value is -2.02. The van der Waals surface area contributed by atoms with Crippen LogP contribution in [0, 0.1) is 11.3 Å². The minimum Gasteiger partial charge on any atom is -0.372 e. The molecule has 1 unspecified atom stereocenters. The summed E-state index contributed by atoms with van der Waals surface area (Å²) in [6.07, 6.45) is 0. The first kappa shape index (κ1) is 9.53. The molecule has 1 amide bonds. The summed E-state index contributed by atoms with van der Waals surface area (Å²) in [6.45, 7) is 1.89. The van der Waals surface area contributed by atoms with Crippen molar-refractivity contribution in [2.24, 2.45) is 0 Å². The Labute approximate surface area is 88.1 Å². The number of nitriles is 1. The van der Waals surface area contributed by atoms with Crippen molar-refractivity contribution in [1.29, 1.82) is 5.26 Å². The predicted molar refractivity (Wildman–Crippen MR) is 57.5 cm³/mol. The number of benzene rings is 1. The zero-order valence-corrected chi connectivity index (χ0v) is 8.40. The van der Waals surface area contributed by atoms with E-state index in [9.17, 15) is 4.79 Å². The van der Waals surface area contributed by atoms with Crippen molar-refractivity contribution in [3.63, 3.8) is 0 Å². The van der Waals surface area contributed by atoms with E-state index in [1.807, 2.05) is 30.3 Å². The lowest BCUT2D eigenvalue weighted by Gasteiger charge is -2.32. The molecule has 0 bridgehead atoms. The standard InChI is InChI=1S/C11H11N3O/c1-8-11(15)14(7-6-12)10-5-3-2-4-9(10)13-8/h2-5,8,13H,7H2,1H3. The van der Waals surface area contributed by atoms with Crippen molar-refractivity contribution in [3.8, 4) is 6.07 Å². The Morgan fingerprint density at radius 2 is 2.27 bits per heavy atom. The Balaban J connectivity index is 2.45. The fourth-order valence-electron chi connectivity index (χ4n) is 1.71. The number of hydrogen-bond acceptors (Lipinski definition) is 3. The molecule has 4 nitrogen and oxygen atoms in total. The van der Waals surface area contributed by atoms with Crippen LogP contribution in [0.5, 0.6) is 0 Å². The Kier molecular flexibility index (Phi) is 2.30. The van der Waals surface area contributed by atoms with E-state index in [-0.39, 0.29) is 18.5 Å². The molecule has 0 saturated carbocycles. The van der Waals surface area contributed by atoms with Crippen LogP contribution in [0.15, 0.2) is 24.3 Å². The fraction of sp³-hybridized carbons (Fsp3) is 0.273. The zero-order valence-electron chi connectivity index (χ0n) is 8.40. The van der Waals surface area contributed by atoms with E-state index in [0.29, 0.717) is 0 Å². The summed E-state index contributed by atoms with van der Waals surface area (Å²) in [5, 5.41) is 11.8. The molecule has 0 saturated heterocycles. The molecule has 1 aromatic rings. The fourth-order valence-corrected chi connectivity index (χ4v) is 1.71. The molecule has 0 aromatic heterocycles. The summed E-state index contributed by atoms with van der Waals surface area (Å²) in [6, 6.07) is 9.24. The molecule has 2 rings (SSSR count). The van der Waals surface area contributed by atoms with Gasteiger partial charge in [0.05, 0.1) is 17.4 Å². The number of fused-ring (bicyclic) bond motifs is 1. The molecule has 4 heteroatoms. The molecule has 1 heterocycles. The van der Waals surface area contributed by atoms with Gasteiger partial charge in [0, 0.05) is 0 Å². The van der Waals surface area contributed by atoms with Crippen molar-refractivity contribution in [2.45, 2.75) is 13.0 Å². The lowest BCUT2D eigenvalue weighted by molar-refractivity contribution is -0.119. The topological polar surface area (TPSA) is 56.1 Å². The summed E-state index contributed by atoms with van der Waals surface area (Å²) in [4.78, 5) is 13.3. The monoisotopic (exact) mass is 201 g/mol. The maximum absolute atomic E-state index is 11.8. The van der Waals surface area contributed by atoms with Crippen LogP contribution in [-0.4, -0.2) is 18.5 Å². The number of anilines is 2. The van der Waals surface area contributed by atoms with E-state index in [2.05, 4.69) is 5.32 Å². The number of nitrogens with zero attached hydrogens (tertiary/aromatic N) is 2. The van der Waals surface area contributed by atoms with Gasteiger partial charge in [-0.15, -0.1) is 0 Å². The van der Waals surface area contributed by atoms with Gasteiger partial charge in [-0.3, -0.25) is 9.69 Å². The van der Waals surface area contributed by atoms with E-state index >= 15 is 0 Å². The first-order chi connectivity index (χ1) is 7.24. The van der Waals surface area contributed by atoms with Crippen molar-refractivity contribution in [1.82, 2.24) is 0 Å². The number of carbonyl (C=O) groups is 1. The molecule has 1 N–H and O–H groups in total. The smallest absolute Gasteiger partial charge is 0.250 e. The predicted octanol–water partition coefficient (Wildman–Crippen LogP) is 1.36. The molecule has 1 aliphatic heterocycles. The number of carbonyl (C=O) groups excluding carboxylic acids is 1. The lowest BCUT2D eigenvalue weighted by Crippen LogP contribution is -2.45. The van der Waals surface area contributed by atoms with E-state index in [1.54, 1.807) is 6.92 Å². The first-order valence-electron chi connectivity index (χ1n) is 4.78. The third-order valence-corrected chi connectivity index (χ3v) is 2.43. The van der Waals surface area contributed by atoms with Crippen molar-refractivity contribution < 1.29 is 4.79 Å². The van der Waals surface area contributed by atoms with Gasteiger partial charge < -0.3 is 5.32 Å². The molecular formula is C11H11N3O. The Morgan fingerprint density at radius 1 is 1.53 bits per heavy atom. The maximum atomic E-state index is 11.8. The summed E-state index contributed by atoms with van der Waals surface area (Å²) >= 11 is 0. The van der Waals surface area contributed by atoms with Crippen LogP contribution in [0.2, 0.25) is 0 Å². The van der Waals surface area contributed by atoms with Gasteiger partial charge in [-0.2, -0.15) is 5.26 Å². The lowest BCUT2D eigenvalue weighted by atomic mass is 10.1. The molecule has 76 valence electrons. The Morgan fingerprint density at radius 3 is 3.00 bits per heavy atom. The average molecular weight is 201 g/mol. The molecule has 1 atom stereocenters. The van der Waals surface area contributed by atoms with Gasteiger partial charge in [0.2, 0.25) is 5.91 Å². The second kappa shape index (κ2) is 3.62. The highest BCUT2D eigenvalue weighted by Crippen LogP contribution is 2.30. The van der Waals surface area contributed by atoms with Crippen LogP contribution in [0.3, 0.4) is 0 Å². The number of hydrogen-bond donors (Lipinski definition) is 1. The highest BCUT2D eigenvalue weighted by molar-refractivity contribution is 6.04. The van der Waals surface area contributed by atoms with Crippen LogP contribution in [-0.2, 0) is 4.79 Å². The van der Waals surface area contributed by atoms with Crippen molar-refractivity contribution in [3.05, 3.63) is 24.3 Å². The quantitative estimate of drug-likeness (QED) is 0.698. The third-order valence-electron chi connectivity index (χ3n) is 2.43. The Bertz CT molecular complexity index is 436. The van der Waals surface area contributed by atoms with Crippen LogP contribution in [0.4, 0.5) is 11.4 Å². The third kappa shape index (κ3) is 1.52. The maximum Gasteiger partial charge on any atom is 0.250 e. The molecule has 0 aliphatic carbocycles. The largest absolute Gasteiger partial charge is 0.372 e. The van der Waals surface area contributed by atoms with E-state index in [1.165, 1.54) is 4.90 Å². The molecule has 1 aliphatic rings. The van der Waals surface area contributed by atoms with Crippen LogP contribution in [0.1, 0.15) is 6.92 Å². The van der Waals surface area contributed by atoms with E-state index in [4.69, 9.17) is 5.26 Å². The number of rotatable bonds is 1. The summed E-state index contributed by atoms with van der Waals surface area (Å²) in [7, 11) is 0. The van der Waals surface area contributed by atoms with Crippen molar-refractivity contribution in [2.75, 3.05) is 16.8 Å². The minimum absolute atomic E-state index is 0.0600. The molecular weight excluding hydrogens is 190 g/mol. The number of para-hydroxylation sites is 2. The van der Waals surface area contributed by atoms with E-state index < -0.39 is 0 Å². The normalized spacial score (nSPS) is 19.1. The first-order valence-corrected chi connectivity index (χ1v) is 4.78. The molecule has 0 spiro atoms. The zero-order chi connectivity index (χ0) is 10.8. The van der Waals surface area contributed by atoms with Gasteiger partial charge in [0.25, 0.3) is 0 Å². The molecule has 15 heavy (non-hydrogen) atoms. The van der Waals surface area contributed by atoms with Gasteiger partial charge in [0.15, 0.2) is 0 Å². The SMILES string of the molecule is CC1Nc2ccccc2N(CC#N)C1=O. The van der Waals surface area contributed by atoms with Crippen LogP contribution in [0.25, 0.3) is 0 Å². The van der Waals surface area contributed by atoms with Crippen molar-refractivity contribution >= 4 is 17.3 Å². The van der Waals surface area contributed by atoms with Gasteiger partial charge in [-0.1, -0.05) is 12.1 Å². The van der Waals surface area contributed by atoms with Crippen LogP contribution < -0.4 is 10.2 Å². The summed E-state index contributed by atoms with van der Waals surface area (Å²) in [5.41, 5.74) is 1.68. The summed E-state index contributed by atoms with van der Waals surface area (Å²) < 4.78 is 0. The van der Waals surface area contributed by atoms with Gasteiger partial charge in [0.1, 0.15) is 12.6 Å². The second-order valence-electron chi connectivity index (χ2n) is 3.47.